The van der Waals surface area contributed by atoms with Gasteiger partial charge in [-0.1, -0.05) is 0 Å². The molecule has 1 heterocycles. The number of nitrogens with zero attached hydrogens (tertiary/aromatic N) is 2. The van der Waals surface area contributed by atoms with E-state index in [0.717, 1.165) is 0 Å². The van der Waals surface area contributed by atoms with Crippen LogP contribution >= 0.6 is 0 Å². The number of hydrogen-bond acceptors (Lipinski definition) is 5. The van der Waals surface area contributed by atoms with E-state index >= 15 is 0 Å². The first-order valence-electron chi connectivity index (χ1n) is 5.98. The number of guanidine groups is 1. The Balaban J connectivity index is 3.04. The highest BCUT2D eigenvalue weighted by Gasteiger charge is 2.30. The van der Waals surface area contributed by atoms with Gasteiger partial charge in [0.2, 0.25) is 0 Å². The van der Waals surface area contributed by atoms with Crippen molar-refractivity contribution < 1.29 is 5.11 Å². The van der Waals surface area contributed by atoms with Crippen LogP contribution in [0.25, 0.3) is 0 Å². The summed E-state index contributed by atoms with van der Waals surface area (Å²) in [5.41, 5.74) is 0. The maximum absolute atomic E-state index is 11.2. The maximum atomic E-state index is 11.2. The van der Waals surface area contributed by atoms with Gasteiger partial charge in [0.25, 0.3) is 0 Å². The molecule has 0 spiro atoms. The summed E-state index contributed by atoms with van der Waals surface area (Å²) in [7, 11) is 0. The molecular formula is C11H21N6O-. The Kier molecular flexibility index (Phi) is 4.28. The van der Waals surface area contributed by atoms with Crippen molar-refractivity contribution in [3.05, 3.63) is 0 Å². The summed E-state index contributed by atoms with van der Waals surface area (Å²) in [5.74, 6) is -1.25. The molecule has 1 atom stereocenters. The second-order valence-electron chi connectivity index (χ2n) is 4.98. The molecule has 1 aliphatic heterocycles. The smallest absolute Gasteiger partial charge is 0.200 e. The van der Waals surface area contributed by atoms with Crippen LogP contribution in [-0.2, 0) is 0 Å². The van der Waals surface area contributed by atoms with Crippen molar-refractivity contribution in [2.45, 2.75) is 52.5 Å². The van der Waals surface area contributed by atoms with Crippen LogP contribution < -0.4 is 21.1 Å². The molecule has 0 bridgehead atoms. The predicted octanol–water partition coefficient (Wildman–Crippen LogP) is -0.649. The average Bonchev–Trinajstić information content (AvgIpc) is 2.12. The zero-order valence-electron chi connectivity index (χ0n) is 11.5. The van der Waals surface area contributed by atoms with Crippen LogP contribution in [0.2, 0.25) is 0 Å². The molecule has 0 radical (unpaired) electrons. The SMILES string of the molecule is CC(C)N=C1NC(C(=N)[O-])=NC(C)(NC(C)C)N1. The van der Waals surface area contributed by atoms with Gasteiger partial charge in [0, 0.05) is 18.0 Å². The van der Waals surface area contributed by atoms with E-state index in [1.165, 1.54) is 0 Å². The number of nitrogens with one attached hydrogen (secondary N) is 4. The molecule has 0 amide bonds. The zero-order valence-corrected chi connectivity index (χ0v) is 11.5. The van der Waals surface area contributed by atoms with Gasteiger partial charge in [0.05, 0.1) is 0 Å². The van der Waals surface area contributed by atoms with E-state index in [1.807, 2.05) is 27.7 Å². The lowest BCUT2D eigenvalue weighted by atomic mass is 10.3. The summed E-state index contributed by atoms with van der Waals surface area (Å²) in [5, 5.41) is 27.3. The van der Waals surface area contributed by atoms with E-state index in [0.29, 0.717) is 5.96 Å². The lowest BCUT2D eigenvalue weighted by molar-refractivity contribution is -0.211. The van der Waals surface area contributed by atoms with Crippen molar-refractivity contribution in [2.24, 2.45) is 9.98 Å². The molecule has 0 aromatic carbocycles. The van der Waals surface area contributed by atoms with Crippen molar-refractivity contribution >= 4 is 17.7 Å². The fourth-order valence-corrected chi connectivity index (χ4v) is 1.71. The Hall–Kier alpha value is -1.63. The van der Waals surface area contributed by atoms with Gasteiger partial charge in [0.15, 0.2) is 11.7 Å². The molecule has 0 fully saturated rings. The topological polar surface area (TPSA) is 108 Å². The van der Waals surface area contributed by atoms with Crippen molar-refractivity contribution in [1.29, 1.82) is 5.41 Å². The summed E-state index contributed by atoms with van der Waals surface area (Å²) in [6.07, 6.45) is 0. The molecule has 0 saturated heterocycles. The third-order valence-electron chi connectivity index (χ3n) is 2.11. The van der Waals surface area contributed by atoms with Crippen molar-refractivity contribution in [1.82, 2.24) is 16.0 Å². The molecule has 1 aliphatic rings. The molecule has 4 N–H and O–H groups in total. The van der Waals surface area contributed by atoms with Crippen LogP contribution in [0.4, 0.5) is 0 Å². The van der Waals surface area contributed by atoms with Gasteiger partial charge in [-0.3, -0.25) is 10.3 Å². The Morgan fingerprint density at radius 2 is 2.06 bits per heavy atom. The predicted molar refractivity (Wildman–Crippen MR) is 70.7 cm³/mol. The van der Waals surface area contributed by atoms with Gasteiger partial charge in [-0.2, -0.15) is 0 Å². The monoisotopic (exact) mass is 253 g/mol. The second-order valence-corrected chi connectivity index (χ2v) is 4.98. The van der Waals surface area contributed by atoms with Gasteiger partial charge in [-0.05, 0) is 34.6 Å². The van der Waals surface area contributed by atoms with Crippen LogP contribution in [0.15, 0.2) is 9.98 Å². The molecule has 102 valence electrons. The molecule has 1 unspecified atom stereocenters. The van der Waals surface area contributed by atoms with Gasteiger partial charge in [-0.25, -0.2) is 4.99 Å². The Morgan fingerprint density at radius 3 is 2.50 bits per heavy atom. The van der Waals surface area contributed by atoms with Gasteiger partial charge >= 0.3 is 0 Å². The fraction of sp³-hybridized carbons (Fsp3) is 0.727. The quantitative estimate of drug-likeness (QED) is 0.394. The van der Waals surface area contributed by atoms with E-state index in [4.69, 9.17) is 5.41 Å². The number of hydrogen-bond donors (Lipinski definition) is 4. The summed E-state index contributed by atoms with van der Waals surface area (Å²) < 4.78 is 0. The number of aliphatic imine (C=N–C) groups is 2. The van der Waals surface area contributed by atoms with Crippen LogP contribution in [0.1, 0.15) is 34.6 Å². The van der Waals surface area contributed by atoms with Gasteiger partial charge in [0.1, 0.15) is 5.84 Å². The number of amidine groups is 1. The molecule has 0 saturated carbocycles. The highest BCUT2D eigenvalue weighted by atomic mass is 16.3. The number of rotatable bonds is 4. The summed E-state index contributed by atoms with van der Waals surface area (Å²) in [6, 6.07) is 0.246. The first kappa shape index (κ1) is 14.4. The minimum atomic E-state index is -0.857. The molecule has 18 heavy (non-hydrogen) atoms. The molecule has 0 aromatic heterocycles. The lowest BCUT2D eigenvalue weighted by Crippen LogP contribution is -2.66. The van der Waals surface area contributed by atoms with Gasteiger partial charge in [-0.15, -0.1) is 0 Å². The third kappa shape index (κ3) is 3.99. The first-order chi connectivity index (χ1) is 8.22. The maximum Gasteiger partial charge on any atom is 0.200 e. The van der Waals surface area contributed by atoms with Crippen molar-refractivity contribution in [3.8, 4) is 0 Å². The molecule has 1 rings (SSSR count). The van der Waals surface area contributed by atoms with E-state index in [9.17, 15) is 5.11 Å². The van der Waals surface area contributed by atoms with E-state index in [1.54, 1.807) is 6.92 Å². The standard InChI is InChI=1S/C11H22N6O/c1-6(2)13-10-14-9(8(12)18)16-11(5,17-10)15-7(3)4/h6-7,15H,1-5H3,(H2,12,18)(H2,13,14,16,17)/p-1. The third-order valence-corrected chi connectivity index (χ3v) is 2.11. The lowest BCUT2D eigenvalue weighted by Gasteiger charge is -2.37. The summed E-state index contributed by atoms with van der Waals surface area (Å²) in [4.78, 5) is 8.49. The minimum absolute atomic E-state index is 0.0104. The highest BCUT2D eigenvalue weighted by molar-refractivity contribution is 6.38. The Morgan fingerprint density at radius 1 is 1.44 bits per heavy atom. The molecule has 0 aliphatic carbocycles. The van der Waals surface area contributed by atoms with E-state index in [-0.39, 0.29) is 17.9 Å². The highest BCUT2D eigenvalue weighted by Crippen LogP contribution is 2.07. The fourth-order valence-electron chi connectivity index (χ4n) is 1.71. The van der Waals surface area contributed by atoms with E-state index in [2.05, 4.69) is 25.9 Å². The Bertz CT molecular complexity index is 387. The van der Waals surface area contributed by atoms with E-state index < -0.39 is 11.7 Å². The Labute approximate surface area is 107 Å². The van der Waals surface area contributed by atoms with Gasteiger partial charge < -0.3 is 21.1 Å². The molecule has 7 nitrogen and oxygen atoms in total. The van der Waals surface area contributed by atoms with Crippen LogP contribution in [0, 0.1) is 5.41 Å². The summed E-state index contributed by atoms with van der Waals surface area (Å²) in [6.45, 7) is 9.61. The molecular weight excluding hydrogens is 232 g/mol. The van der Waals surface area contributed by atoms with Crippen molar-refractivity contribution in [3.63, 3.8) is 0 Å². The molecule has 0 aromatic rings. The summed E-state index contributed by atoms with van der Waals surface area (Å²) >= 11 is 0. The van der Waals surface area contributed by atoms with Crippen LogP contribution in [0.5, 0.6) is 0 Å². The van der Waals surface area contributed by atoms with Crippen LogP contribution in [0.3, 0.4) is 0 Å². The average molecular weight is 253 g/mol. The normalized spacial score (nSPS) is 25.9. The zero-order chi connectivity index (χ0) is 13.9. The minimum Gasteiger partial charge on any atom is -0.857 e. The largest absolute Gasteiger partial charge is 0.857 e. The van der Waals surface area contributed by atoms with Crippen molar-refractivity contribution in [2.75, 3.05) is 0 Å². The first-order valence-corrected chi connectivity index (χ1v) is 5.98. The second kappa shape index (κ2) is 5.34. The van der Waals surface area contributed by atoms with Crippen LogP contribution in [-0.4, -0.2) is 35.6 Å². The molecule has 7 heteroatoms.